The molecule has 1 aliphatic rings. The van der Waals surface area contributed by atoms with Crippen LogP contribution in [0.25, 0.3) is 0 Å². The molecule has 6 rings (SSSR count). The first-order valence-corrected chi connectivity index (χ1v) is 17.7. The molecule has 0 amide bonds. The molecule has 1 fully saturated rings. The molecule has 5 aromatic rings. The highest BCUT2D eigenvalue weighted by molar-refractivity contribution is 6.03. The van der Waals surface area contributed by atoms with Crippen LogP contribution in [-0.4, -0.2) is 55.2 Å². The summed E-state index contributed by atoms with van der Waals surface area (Å²) in [6.45, 7) is 1.87. The van der Waals surface area contributed by atoms with Crippen molar-refractivity contribution >= 4 is 17.9 Å². The quantitative estimate of drug-likeness (QED) is 0.0760. The number of benzene rings is 5. The molecule has 54 heavy (non-hydrogen) atoms. The van der Waals surface area contributed by atoms with Gasteiger partial charge < -0.3 is 33.2 Å². The minimum absolute atomic E-state index is 0.00182. The van der Waals surface area contributed by atoms with Crippen molar-refractivity contribution in [3.05, 3.63) is 179 Å². The van der Waals surface area contributed by atoms with Crippen LogP contribution in [0.2, 0.25) is 0 Å². The number of hydrogen-bond acceptors (Lipinski definition) is 10. The number of ether oxygens (including phenoxy) is 7. The van der Waals surface area contributed by atoms with Crippen LogP contribution in [0.5, 0.6) is 0 Å². The standard InChI is InChI=1S/C44H42O10/c1-31(45)52-41-40(50-28-34-20-10-4-11-21-34)39(49-27-33-18-8-3-9-19-33)38(30-48-26-32-16-6-2-7-17-32)53-44(41)54-43(47)37-25-15-14-24-36(37)42(46)51-29-35-22-12-5-13-23-35/h2-25,38-41,44H,26-30H2,1H3/t38-,39-,40+,41+,44-/m1/s1. The molecule has 0 spiro atoms. The molecule has 0 aromatic heterocycles. The average molecular weight is 731 g/mol. The summed E-state index contributed by atoms with van der Waals surface area (Å²) in [6, 6.07) is 44.1. The molecule has 0 unspecified atom stereocenters. The Bertz CT molecular complexity index is 1920. The van der Waals surface area contributed by atoms with Gasteiger partial charge in [0, 0.05) is 6.92 Å². The lowest BCUT2D eigenvalue weighted by Gasteiger charge is -2.45. The van der Waals surface area contributed by atoms with E-state index in [9.17, 15) is 14.4 Å². The maximum Gasteiger partial charge on any atom is 0.341 e. The van der Waals surface area contributed by atoms with Crippen LogP contribution in [0.1, 0.15) is 49.9 Å². The highest BCUT2D eigenvalue weighted by Crippen LogP contribution is 2.32. The van der Waals surface area contributed by atoms with E-state index in [0.29, 0.717) is 0 Å². The van der Waals surface area contributed by atoms with Crippen LogP contribution >= 0.6 is 0 Å². The summed E-state index contributed by atoms with van der Waals surface area (Å²) >= 11 is 0. The fraction of sp³-hybridized carbons (Fsp3) is 0.250. The van der Waals surface area contributed by atoms with Crippen LogP contribution < -0.4 is 0 Å². The van der Waals surface area contributed by atoms with Gasteiger partial charge in [-0.05, 0) is 34.4 Å². The summed E-state index contributed by atoms with van der Waals surface area (Å²) in [5, 5.41) is 0. The first-order valence-electron chi connectivity index (χ1n) is 17.7. The minimum atomic E-state index is -1.47. The molecule has 5 atom stereocenters. The minimum Gasteiger partial charge on any atom is -0.457 e. The second-order valence-corrected chi connectivity index (χ2v) is 12.7. The summed E-state index contributed by atoms with van der Waals surface area (Å²) in [4.78, 5) is 39.9. The van der Waals surface area contributed by atoms with Gasteiger partial charge in [-0.25, -0.2) is 9.59 Å². The lowest BCUT2D eigenvalue weighted by Crippen LogP contribution is -2.62. The molecule has 1 aliphatic heterocycles. The number of hydrogen-bond donors (Lipinski definition) is 0. The average Bonchev–Trinajstić information content (AvgIpc) is 3.21. The van der Waals surface area contributed by atoms with Crippen LogP contribution in [0.4, 0.5) is 0 Å². The summed E-state index contributed by atoms with van der Waals surface area (Å²) in [6.07, 6.45) is -5.42. The first-order chi connectivity index (χ1) is 26.4. The van der Waals surface area contributed by atoms with Crippen LogP contribution in [0.3, 0.4) is 0 Å². The van der Waals surface area contributed by atoms with Crippen molar-refractivity contribution in [2.45, 2.75) is 64.1 Å². The Kier molecular flexibility index (Phi) is 13.7. The second-order valence-electron chi connectivity index (χ2n) is 12.7. The van der Waals surface area contributed by atoms with Crippen LogP contribution in [0.15, 0.2) is 146 Å². The molecule has 0 N–H and O–H groups in total. The highest BCUT2D eigenvalue weighted by Gasteiger charge is 2.51. The molecule has 278 valence electrons. The maximum absolute atomic E-state index is 14.0. The topological polar surface area (TPSA) is 116 Å². The molecule has 0 saturated carbocycles. The third-order valence-corrected chi connectivity index (χ3v) is 8.66. The molecule has 0 radical (unpaired) electrons. The van der Waals surface area contributed by atoms with Gasteiger partial charge >= 0.3 is 17.9 Å². The zero-order valence-electron chi connectivity index (χ0n) is 29.9. The zero-order chi connectivity index (χ0) is 37.5. The van der Waals surface area contributed by atoms with Crippen molar-refractivity contribution < 1.29 is 47.5 Å². The van der Waals surface area contributed by atoms with E-state index in [2.05, 4.69) is 0 Å². The van der Waals surface area contributed by atoms with Gasteiger partial charge in [0.2, 0.25) is 6.29 Å². The largest absolute Gasteiger partial charge is 0.457 e. The van der Waals surface area contributed by atoms with E-state index < -0.39 is 48.6 Å². The fourth-order valence-corrected chi connectivity index (χ4v) is 6.03. The third-order valence-electron chi connectivity index (χ3n) is 8.66. The van der Waals surface area contributed by atoms with Gasteiger partial charge in [0.15, 0.2) is 6.10 Å². The summed E-state index contributed by atoms with van der Waals surface area (Å²) in [5.74, 6) is -2.25. The fourth-order valence-electron chi connectivity index (χ4n) is 6.03. The van der Waals surface area contributed by atoms with E-state index in [1.165, 1.54) is 19.1 Å². The van der Waals surface area contributed by atoms with Crippen molar-refractivity contribution in [2.75, 3.05) is 6.61 Å². The number of carbonyl (C=O) groups excluding carboxylic acids is 3. The predicted octanol–water partition coefficient (Wildman–Crippen LogP) is 7.24. The van der Waals surface area contributed by atoms with Gasteiger partial charge in [-0.2, -0.15) is 0 Å². The van der Waals surface area contributed by atoms with E-state index >= 15 is 0 Å². The maximum atomic E-state index is 14.0. The molecule has 10 nitrogen and oxygen atoms in total. The van der Waals surface area contributed by atoms with E-state index in [-0.39, 0.29) is 44.2 Å². The van der Waals surface area contributed by atoms with Crippen molar-refractivity contribution in [1.82, 2.24) is 0 Å². The Labute approximate surface area is 314 Å². The van der Waals surface area contributed by atoms with Crippen molar-refractivity contribution in [3.63, 3.8) is 0 Å². The monoisotopic (exact) mass is 730 g/mol. The van der Waals surface area contributed by atoms with Gasteiger partial charge in [-0.1, -0.05) is 133 Å². The van der Waals surface area contributed by atoms with Gasteiger partial charge in [0.25, 0.3) is 0 Å². The lowest BCUT2D eigenvalue weighted by molar-refractivity contribution is -0.308. The summed E-state index contributed by atoms with van der Waals surface area (Å²) in [7, 11) is 0. The van der Waals surface area contributed by atoms with E-state index in [4.69, 9.17) is 33.2 Å². The highest BCUT2D eigenvalue weighted by atomic mass is 16.7. The van der Waals surface area contributed by atoms with Gasteiger partial charge in [0.1, 0.15) is 24.9 Å². The smallest absolute Gasteiger partial charge is 0.341 e. The Morgan fingerprint density at radius 3 is 1.46 bits per heavy atom. The lowest BCUT2D eigenvalue weighted by atomic mass is 9.97. The van der Waals surface area contributed by atoms with Gasteiger partial charge in [-0.3, -0.25) is 4.79 Å². The first kappa shape index (κ1) is 38.1. The summed E-state index contributed by atoms with van der Waals surface area (Å²) < 4.78 is 43.0. The number of esters is 3. The van der Waals surface area contributed by atoms with E-state index in [0.717, 1.165) is 22.3 Å². The molecule has 1 saturated heterocycles. The Morgan fingerprint density at radius 2 is 0.944 bits per heavy atom. The Morgan fingerprint density at radius 1 is 0.500 bits per heavy atom. The van der Waals surface area contributed by atoms with Crippen molar-refractivity contribution in [2.24, 2.45) is 0 Å². The molecule has 5 aromatic carbocycles. The second kappa shape index (κ2) is 19.4. The Balaban J connectivity index is 1.29. The van der Waals surface area contributed by atoms with Gasteiger partial charge in [0.05, 0.1) is 37.6 Å². The van der Waals surface area contributed by atoms with Crippen molar-refractivity contribution in [3.8, 4) is 0 Å². The normalized spacial score (nSPS) is 19.4. The molecule has 1 heterocycles. The number of rotatable bonds is 16. The van der Waals surface area contributed by atoms with E-state index in [1.54, 1.807) is 12.1 Å². The molecule has 10 heteroatoms. The SMILES string of the molecule is CC(=O)O[C@@H]1[C@@H](OC(=O)c2ccccc2C(=O)OCc2ccccc2)O[C@H](COCc2ccccc2)[C@@H](OCc2ccccc2)[C@@H]1OCc1ccccc1. The number of carbonyl (C=O) groups is 3. The van der Waals surface area contributed by atoms with E-state index in [1.807, 2.05) is 121 Å². The molecule has 0 aliphatic carbocycles. The van der Waals surface area contributed by atoms with Crippen molar-refractivity contribution in [1.29, 1.82) is 0 Å². The zero-order valence-corrected chi connectivity index (χ0v) is 29.9. The summed E-state index contributed by atoms with van der Waals surface area (Å²) in [5.41, 5.74) is 3.45. The molecular weight excluding hydrogens is 688 g/mol. The van der Waals surface area contributed by atoms with Gasteiger partial charge in [-0.15, -0.1) is 0 Å². The van der Waals surface area contributed by atoms with Crippen LogP contribution in [-0.2, 0) is 64.4 Å². The third kappa shape index (κ3) is 10.7. The Hall–Kier alpha value is -5.65. The predicted molar refractivity (Wildman–Crippen MR) is 198 cm³/mol. The molecular formula is C44H42O10. The van der Waals surface area contributed by atoms with Crippen LogP contribution in [0, 0.1) is 0 Å². The molecule has 0 bridgehead atoms.